The summed E-state index contributed by atoms with van der Waals surface area (Å²) in [6.07, 6.45) is 1.43. The molecule has 5 nitrogen and oxygen atoms in total. The van der Waals surface area contributed by atoms with E-state index in [1.165, 1.54) is 19.1 Å². The van der Waals surface area contributed by atoms with Gasteiger partial charge in [0.2, 0.25) is 0 Å². The quantitative estimate of drug-likeness (QED) is 0.597. The van der Waals surface area contributed by atoms with Crippen LogP contribution in [0.2, 0.25) is 5.02 Å². The number of nitrogens with zero attached hydrogens (tertiary/aromatic N) is 1. The first kappa shape index (κ1) is 16.3. The molecule has 1 aliphatic heterocycles. The molecule has 1 heterocycles. The number of halogens is 2. The Balaban J connectivity index is 2.37. The Morgan fingerprint density at radius 3 is 2.86 bits per heavy atom. The molecule has 0 unspecified atom stereocenters. The zero-order chi connectivity index (χ0) is 15.7. The summed E-state index contributed by atoms with van der Waals surface area (Å²) in [5.41, 5.74) is 0.345. The number of thiocarbonyl (C=S) groups is 1. The first-order valence-corrected chi connectivity index (χ1v) is 7.83. The van der Waals surface area contributed by atoms with Crippen molar-refractivity contribution in [3.63, 3.8) is 0 Å². The number of hydrogen-bond acceptors (Lipinski definition) is 6. The summed E-state index contributed by atoms with van der Waals surface area (Å²) >= 11 is 15.0. The number of thioether (sulfide) groups is 1. The van der Waals surface area contributed by atoms with Crippen molar-refractivity contribution < 1.29 is 19.5 Å². The van der Waals surface area contributed by atoms with Crippen LogP contribution < -0.4 is 0 Å². The molecule has 21 heavy (non-hydrogen) atoms. The van der Waals surface area contributed by atoms with Crippen LogP contribution in [-0.2, 0) is 14.4 Å². The predicted molar refractivity (Wildman–Crippen MR) is 87.6 cm³/mol. The van der Waals surface area contributed by atoms with Gasteiger partial charge in [-0.15, -0.1) is 5.06 Å². The van der Waals surface area contributed by atoms with Gasteiger partial charge in [-0.2, -0.15) is 0 Å². The Morgan fingerprint density at radius 2 is 2.24 bits per heavy atom. The maximum atomic E-state index is 12.1. The topological polar surface area (TPSA) is 66.8 Å². The molecule has 1 aliphatic rings. The van der Waals surface area contributed by atoms with Gasteiger partial charge < -0.3 is 9.94 Å². The highest BCUT2D eigenvalue weighted by Gasteiger charge is 2.35. The molecule has 0 bridgehead atoms. The summed E-state index contributed by atoms with van der Waals surface area (Å²) in [4.78, 5) is 28.0. The standard InChI is InChI=1S/C12H7BrClNO4S2/c1-5(16)19-15-11(18)9(21-12(15)20)3-6-2-7(13)4-8(14)10(6)17/h2-4,17H,1H3. The monoisotopic (exact) mass is 407 g/mol. The van der Waals surface area contributed by atoms with Gasteiger partial charge in [-0.25, -0.2) is 4.79 Å². The number of amides is 1. The smallest absolute Gasteiger partial charge is 0.330 e. The van der Waals surface area contributed by atoms with Crippen molar-refractivity contribution in [1.29, 1.82) is 0 Å². The molecule has 0 aliphatic carbocycles. The lowest BCUT2D eigenvalue weighted by Crippen LogP contribution is -2.30. The minimum atomic E-state index is -0.652. The molecule has 1 saturated heterocycles. The normalized spacial score (nSPS) is 16.7. The fourth-order valence-electron chi connectivity index (χ4n) is 1.50. The molecule has 1 aromatic rings. The first-order valence-electron chi connectivity index (χ1n) is 5.44. The zero-order valence-corrected chi connectivity index (χ0v) is 14.4. The molecule has 1 amide bonds. The average molecular weight is 409 g/mol. The number of phenolic OH excluding ortho intramolecular Hbond substituents is 1. The Bertz CT molecular complexity index is 692. The second-order valence-electron chi connectivity index (χ2n) is 3.88. The number of carbonyl (C=O) groups excluding carboxylic acids is 2. The van der Waals surface area contributed by atoms with Gasteiger partial charge in [0.15, 0.2) is 4.32 Å². The molecule has 1 N–H and O–H groups in total. The largest absolute Gasteiger partial charge is 0.506 e. The van der Waals surface area contributed by atoms with Crippen molar-refractivity contribution in [3.05, 3.63) is 32.1 Å². The van der Waals surface area contributed by atoms with Gasteiger partial charge in [-0.05, 0) is 30.4 Å². The van der Waals surface area contributed by atoms with Gasteiger partial charge >= 0.3 is 5.97 Å². The van der Waals surface area contributed by atoms with Crippen LogP contribution in [0, 0.1) is 0 Å². The van der Waals surface area contributed by atoms with E-state index in [2.05, 4.69) is 15.9 Å². The van der Waals surface area contributed by atoms with E-state index in [4.69, 9.17) is 28.7 Å². The van der Waals surface area contributed by atoms with E-state index in [1.54, 1.807) is 6.07 Å². The minimum absolute atomic E-state index is 0.0991. The van der Waals surface area contributed by atoms with Crippen LogP contribution in [0.25, 0.3) is 6.08 Å². The molecule has 1 aromatic carbocycles. The zero-order valence-electron chi connectivity index (χ0n) is 10.4. The van der Waals surface area contributed by atoms with Crippen LogP contribution in [0.1, 0.15) is 12.5 Å². The second-order valence-corrected chi connectivity index (χ2v) is 6.88. The van der Waals surface area contributed by atoms with Crippen LogP contribution in [0.15, 0.2) is 21.5 Å². The summed E-state index contributed by atoms with van der Waals surface area (Å²) < 4.78 is 0.744. The van der Waals surface area contributed by atoms with Crippen molar-refractivity contribution in [3.8, 4) is 5.75 Å². The van der Waals surface area contributed by atoms with E-state index in [1.807, 2.05) is 0 Å². The Kier molecular flexibility index (Phi) is 4.92. The number of hydroxylamine groups is 2. The summed E-state index contributed by atoms with van der Waals surface area (Å²) in [5.74, 6) is -1.38. The van der Waals surface area contributed by atoms with Crippen molar-refractivity contribution in [1.82, 2.24) is 5.06 Å². The highest BCUT2D eigenvalue weighted by Crippen LogP contribution is 2.37. The van der Waals surface area contributed by atoms with Crippen LogP contribution in [0.4, 0.5) is 0 Å². The number of hydrogen-bond donors (Lipinski definition) is 1. The highest BCUT2D eigenvalue weighted by molar-refractivity contribution is 9.10. The maximum absolute atomic E-state index is 12.1. The summed E-state index contributed by atoms with van der Waals surface area (Å²) in [6, 6.07) is 3.12. The summed E-state index contributed by atoms with van der Waals surface area (Å²) in [5, 5.41) is 10.8. The van der Waals surface area contributed by atoms with E-state index in [9.17, 15) is 14.7 Å². The van der Waals surface area contributed by atoms with Gasteiger partial charge in [0.25, 0.3) is 5.91 Å². The SMILES string of the molecule is CC(=O)ON1C(=O)C(=Cc2cc(Br)cc(Cl)c2O)SC1=S. The maximum Gasteiger partial charge on any atom is 0.330 e. The van der Waals surface area contributed by atoms with E-state index in [0.29, 0.717) is 10.0 Å². The molecular formula is C12H7BrClNO4S2. The number of rotatable bonds is 2. The molecule has 0 radical (unpaired) electrons. The lowest BCUT2D eigenvalue weighted by molar-refractivity contribution is -0.176. The highest BCUT2D eigenvalue weighted by atomic mass is 79.9. The Morgan fingerprint density at radius 1 is 1.57 bits per heavy atom. The molecule has 0 atom stereocenters. The Hall–Kier alpha value is -1.09. The molecule has 0 aromatic heterocycles. The number of phenols is 1. The summed E-state index contributed by atoms with van der Waals surface area (Å²) in [7, 11) is 0. The number of aromatic hydroxyl groups is 1. The van der Waals surface area contributed by atoms with Crippen LogP contribution >= 0.6 is 51.5 Å². The van der Waals surface area contributed by atoms with E-state index < -0.39 is 11.9 Å². The molecule has 2 rings (SSSR count). The fourth-order valence-corrected chi connectivity index (χ4v) is 3.47. The lowest BCUT2D eigenvalue weighted by Gasteiger charge is -2.11. The van der Waals surface area contributed by atoms with Crippen molar-refractivity contribution in [2.45, 2.75) is 6.92 Å². The van der Waals surface area contributed by atoms with Gasteiger partial charge in [0, 0.05) is 17.0 Å². The molecule has 0 spiro atoms. The molecule has 0 saturated carbocycles. The van der Waals surface area contributed by atoms with Gasteiger partial charge in [-0.3, -0.25) is 4.79 Å². The molecule has 110 valence electrons. The number of benzene rings is 1. The predicted octanol–water partition coefficient (Wildman–Crippen LogP) is 3.49. The van der Waals surface area contributed by atoms with Gasteiger partial charge in [-0.1, -0.05) is 39.3 Å². The second kappa shape index (κ2) is 6.35. The third-order valence-corrected chi connectivity index (χ3v) is 4.34. The third kappa shape index (κ3) is 3.57. The van der Waals surface area contributed by atoms with Crippen LogP contribution in [-0.4, -0.2) is 26.4 Å². The van der Waals surface area contributed by atoms with E-state index in [0.717, 1.165) is 16.8 Å². The lowest BCUT2D eigenvalue weighted by atomic mass is 10.2. The molecule has 9 heteroatoms. The Labute approximate surface area is 143 Å². The van der Waals surface area contributed by atoms with Crippen molar-refractivity contribution in [2.24, 2.45) is 0 Å². The summed E-state index contributed by atoms with van der Waals surface area (Å²) in [6.45, 7) is 1.17. The van der Waals surface area contributed by atoms with E-state index in [-0.39, 0.29) is 20.0 Å². The third-order valence-electron chi connectivity index (χ3n) is 2.32. The van der Waals surface area contributed by atoms with Gasteiger partial charge in [0.05, 0.1) is 9.93 Å². The van der Waals surface area contributed by atoms with E-state index >= 15 is 0 Å². The minimum Gasteiger partial charge on any atom is -0.506 e. The van der Waals surface area contributed by atoms with Crippen molar-refractivity contribution >= 4 is 73.8 Å². The fraction of sp³-hybridized carbons (Fsp3) is 0.0833. The number of carbonyl (C=O) groups is 2. The first-order chi connectivity index (χ1) is 9.79. The van der Waals surface area contributed by atoms with Crippen LogP contribution in [0.3, 0.4) is 0 Å². The molecular weight excluding hydrogens is 402 g/mol. The van der Waals surface area contributed by atoms with Crippen molar-refractivity contribution in [2.75, 3.05) is 0 Å². The van der Waals surface area contributed by atoms with Gasteiger partial charge in [0.1, 0.15) is 5.75 Å². The average Bonchev–Trinajstić information content (AvgIpc) is 2.63. The molecule has 1 fully saturated rings. The van der Waals surface area contributed by atoms with Crippen LogP contribution in [0.5, 0.6) is 5.75 Å².